The highest BCUT2D eigenvalue weighted by molar-refractivity contribution is 9.10. The van der Waals surface area contributed by atoms with Crippen LogP contribution < -0.4 is 15.5 Å². The minimum absolute atomic E-state index is 0.0883. The van der Waals surface area contributed by atoms with Gasteiger partial charge < -0.3 is 15.5 Å². The first kappa shape index (κ1) is 20.6. The molecular weight excluding hydrogens is 418 g/mol. The molecule has 2 aromatic rings. The minimum Gasteiger partial charge on any atom is -0.367 e. The highest BCUT2D eigenvalue weighted by Crippen LogP contribution is 2.23. The molecule has 1 saturated carbocycles. The first-order chi connectivity index (χ1) is 13.4. The molecule has 1 amide bonds. The van der Waals surface area contributed by atoms with Gasteiger partial charge >= 0.3 is 0 Å². The molecule has 1 heterocycles. The van der Waals surface area contributed by atoms with Crippen LogP contribution in [-0.2, 0) is 11.2 Å². The number of hydrogen-bond donors (Lipinski definition) is 2. The molecule has 6 nitrogen and oxygen atoms in total. The molecule has 0 unspecified atom stereocenters. The van der Waals surface area contributed by atoms with Crippen LogP contribution >= 0.6 is 15.9 Å². The molecule has 0 radical (unpaired) electrons. The second-order valence-electron chi connectivity index (χ2n) is 7.58. The lowest BCUT2D eigenvalue weighted by atomic mass is 9.91. The summed E-state index contributed by atoms with van der Waals surface area (Å²) in [7, 11) is 3.96. The summed E-state index contributed by atoms with van der Waals surface area (Å²) in [4.78, 5) is 23.3. The van der Waals surface area contributed by atoms with E-state index in [-0.39, 0.29) is 11.9 Å². The van der Waals surface area contributed by atoms with Crippen LogP contribution in [0.4, 0.5) is 11.6 Å². The Morgan fingerprint density at radius 1 is 1.14 bits per heavy atom. The van der Waals surface area contributed by atoms with Crippen LogP contribution in [0.25, 0.3) is 0 Å². The van der Waals surface area contributed by atoms with E-state index in [4.69, 9.17) is 0 Å². The lowest BCUT2D eigenvalue weighted by molar-refractivity contribution is -0.121. The fourth-order valence-electron chi connectivity index (χ4n) is 3.54. The van der Waals surface area contributed by atoms with Gasteiger partial charge in [-0.1, -0.05) is 34.1 Å². The van der Waals surface area contributed by atoms with Crippen LogP contribution in [-0.4, -0.2) is 42.1 Å². The van der Waals surface area contributed by atoms with E-state index in [0.29, 0.717) is 12.5 Å². The Labute approximate surface area is 175 Å². The third kappa shape index (κ3) is 5.67. The Balaban J connectivity index is 1.48. The Hall–Kier alpha value is -2.15. The van der Waals surface area contributed by atoms with Gasteiger partial charge in [-0.3, -0.25) is 4.79 Å². The van der Waals surface area contributed by atoms with Gasteiger partial charge in [0.05, 0.1) is 6.42 Å². The molecule has 1 aliphatic rings. The summed E-state index contributed by atoms with van der Waals surface area (Å²) in [5.74, 6) is 2.63. The summed E-state index contributed by atoms with van der Waals surface area (Å²) in [6.07, 6.45) is 4.39. The third-order valence-electron chi connectivity index (χ3n) is 5.04. The first-order valence-electron chi connectivity index (χ1n) is 9.73. The van der Waals surface area contributed by atoms with Crippen molar-refractivity contribution in [3.05, 3.63) is 46.2 Å². The SMILES string of the molecule is Cc1nc(NC2CCC(NC(=O)Cc3ccccc3Br)CC2)cc(N(C)C)n1. The second-order valence-corrected chi connectivity index (χ2v) is 8.44. The number of carbonyl (C=O) groups is 1. The van der Waals surface area contributed by atoms with Crippen molar-refractivity contribution in [2.45, 2.75) is 51.1 Å². The smallest absolute Gasteiger partial charge is 0.224 e. The highest BCUT2D eigenvalue weighted by atomic mass is 79.9. The van der Waals surface area contributed by atoms with Gasteiger partial charge in [0, 0.05) is 36.7 Å². The van der Waals surface area contributed by atoms with E-state index in [1.807, 2.05) is 56.3 Å². The van der Waals surface area contributed by atoms with Gasteiger partial charge in [0.25, 0.3) is 0 Å². The van der Waals surface area contributed by atoms with Crippen molar-refractivity contribution < 1.29 is 4.79 Å². The summed E-state index contributed by atoms with van der Waals surface area (Å²) >= 11 is 3.51. The van der Waals surface area contributed by atoms with Gasteiger partial charge in [-0.2, -0.15) is 0 Å². The summed E-state index contributed by atoms with van der Waals surface area (Å²) in [5.41, 5.74) is 1.02. The average Bonchev–Trinajstić information content (AvgIpc) is 2.65. The Morgan fingerprint density at radius 2 is 1.82 bits per heavy atom. The second kappa shape index (κ2) is 9.37. The monoisotopic (exact) mass is 445 g/mol. The summed E-state index contributed by atoms with van der Waals surface area (Å²) in [6, 6.07) is 10.5. The zero-order valence-electron chi connectivity index (χ0n) is 16.7. The Morgan fingerprint density at radius 3 is 2.50 bits per heavy atom. The molecule has 0 spiro atoms. The normalized spacial score (nSPS) is 19.1. The van der Waals surface area contributed by atoms with Crippen molar-refractivity contribution in [1.29, 1.82) is 0 Å². The largest absolute Gasteiger partial charge is 0.367 e. The fraction of sp³-hybridized carbons (Fsp3) is 0.476. The van der Waals surface area contributed by atoms with Crippen molar-refractivity contribution in [1.82, 2.24) is 15.3 Å². The molecule has 1 fully saturated rings. The molecule has 150 valence electrons. The average molecular weight is 446 g/mol. The number of amides is 1. The molecular formula is C21H28BrN5O. The van der Waals surface area contributed by atoms with Crippen molar-refractivity contribution >= 4 is 33.5 Å². The minimum atomic E-state index is 0.0883. The number of anilines is 2. The summed E-state index contributed by atoms with van der Waals surface area (Å²) in [6.45, 7) is 1.91. The number of aromatic nitrogens is 2. The molecule has 0 atom stereocenters. The molecule has 0 aliphatic heterocycles. The molecule has 3 rings (SSSR count). The van der Waals surface area contributed by atoms with Crippen molar-refractivity contribution in [3.8, 4) is 0 Å². The molecule has 1 aromatic heterocycles. The zero-order chi connectivity index (χ0) is 20.1. The highest BCUT2D eigenvalue weighted by Gasteiger charge is 2.23. The molecule has 2 N–H and O–H groups in total. The van der Waals surface area contributed by atoms with E-state index in [2.05, 4.69) is 36.5 Å². The van der Waals surface area contributed by atoms with Crippen LogP contribution in [0.15, 0.2) is 34.8 Å². The molecule has 7 heteroatoms. The first-order valence-corrected chi connectivity index (χ1v) is 10.5. The van der Waals surface area contributed by atoms with Gasteiger partial charge in [0.1, 0.15) is 17.5 Å². The molecule has 0 saturated heterocycles. The number of benzene rings is 1. The lowest BCUT2D eigenvalue weighted by Crippen LogP contribution is -2.40. The standard InChI is InChI=1S/C21H28BrN5O/c1-14-23-19(13-20(24-14)27(2)3)25-16-8-10-17(11-9-16)26-21(28)12-15-6-4-5-7-18(15)22/h4-7,13,16-17H,8-12H2,1-3H3,(H,26,28)(H,23,24,25). The van der Waals surface area contributed by atoms with Gasteiger partial charge in [-0.15, -0.1) is 0 Å². The van der Waals surface area contributed by atoms with Gasteiger partial charge in [0.2, 0.25) is 5.91 Å². The summed E-state index contributed by atoms with van der Waals surface area (Å²) in [5, 5.41) is 6.73. The number of nitrogens with zero attached hydrogens (tertiary/aromatic N) is 3. The van der Waals surface area contributed by atoms with Crippen LogP contribution in [0, 0.1) is 6.92 Å². The Kier molecular flexibility index (Phi) is 6.88. The third-order valence-corrected chi connectivity index (χ3v) is 5.81. The van der Waals surface area contributed by atoms with E-state index in [1.165, 1.54) is 0 Å². The number of aryl methyl sites for hydroxylation is 1. The van der Waals surface area contributed by atoms with Gasteiger partial charge in [0.15, 0.2) is 0 Å². The maximum absolute atomic E-state index is 12.4. The number of nitrogens with one attached hydrogen (secondary N) is 2. The van der Waals surface area contributed by atoms with Crippen LogP contribution in [0.1, 0.15) is 37.1 Å². The molecule has 0 bridgehead atoms. The van der Waals surface area contributed by atoms with Crippen LogP contribution in [0.3, 0.4) is 0 Å². The lowest BCUT2D eigenvalue weighted by Gasteiger charge is -2.30. The summed E-state index contributed by atoms with van der Waals surface area (Å²) < 4.78 is 0.982. The number of rotatable bonds is 6. The van der Waals surface area contributed by atoms with Crippen molar-refractivity contribution in [2.24, 2.45) is 0 Å². The van der Waals surface area contributed by atoms with Gasteiger partial charge in [-0.05, 0) is 44.2 Å². The molecule has 1 aliphatic carbocycles. The van der Waals surface area contributed by atoms with E-state index in [0.717, 1.165) is 53.2 Å². The maximum atomic E-state index is 12.4. The van der Waals surface area contributed by atoms with Crippen LogP contribution in [0.5, 0.6) is 0 Å². The quantitative estimate of drug-likeness (QED) is 0.709. The molecule has 28 heavy (non-hydrogen) atoms. The van der Waals surface area contributed by atoms with Crippen LogP contribution in [0.2, 0.25) is 0 Å². The van der Waals surface area contributed by atoms with Gasteiger partial charge in [-0.25, -0.2) is 9.97 Å². The van der Waals surface area contributed by atoms with E-state index in [1.54, 1.807) is 0 Å². The maximum Gasteiger partial charge on any atom is 0.224 e. The number of halogens is 1. The Bertz CT molecular complexity index is 818. The fourth-order valence-corrected chi connectivity index (χ4v) is 3.96. The zero-order valence-corrected chi connectivity index (χ0v) is 18.3. The number of hydrogen-bond acceptors (Lipinski definition) is 5. The van der Waals surface area contributed by atoms with Crippen molar-refractivity contribution in [3.63, 3.8) is 0 Å². The van der Waals surface area contributed by atoms with Crippen molar-refractivity contribution in [2.75, 3.05) is 24.3 Å². The van der Waals surface area contributed by atoms with E-state index < -0.39 is 0 Å². The predicted molar refractivity (Wildman–Crippen MR) is 117 cm³/mol. The number of carbonyl (C=O) groups excluding carboxylic acids is 1. The van der Waals surface area contributed by atoms with E-state index in [9.17, 15) is 4.79 Å². The predicted octanol–water partition coefficient (Wildman–Crippen LogP) is 3.70. The van der Waals surface area contributed by atoms with E-state index >= 15 is 0 Å². The topological polar surface area (TPSA) is 70.2 Å². The molecule has 1 aromatic carbocycles.